The van der Waals surface area contributed by atoms with E-state index in [9.17, 15) is 4.79 Å². The van der Waals surface area contributed by atoms with Crippen LogP contribution in [0.1, 0.15) is 12.8 Å². The quantitative estimate of drug-likeness (QED) is 0.428. The van der Waals surface area contributed by atoms with Gasteiger partial charge in [0, 0.05) is 11.6 Å². The van der Waals surface area contributed by atoms with Crippen LogP contribution in [0.25, 0.3) is 0 Å². The average molecular weight is 240 g/mol. The molecule has 0 aliphatic carbocycles. The maximum atomic E-state index is 10.0. The van der Waals surface area contributed by atoms with Crippen molar-refractivity contribution >= 4 is 51.8 Å². The molecule has 0 aromatic rings. The highest BCUT2D eigenvalue weighted by Crippen LogP contribution is 2.31. The first kappa shape index (κ1) is 11.6. The van der Waals surface area contributed by atoms with Crippen molar-refractivity contribution < 1.29 is 9.53 Å². The number of carbonyl (C=O) groups excluding carboxylic acids is 1. The van der Waals surface area contributed by atoms with Crippen molar-refractivity contribution in [1.82, 2.24) is 0 Å². The van der Waals surface area contributed by atoms with E-state index in [1.165, 1.54) is 0 Å². The van der Waals surface area contributed by atoms with Gasteiger partial charge in [-0.3, -0.25) is 0 Å². The zero-order valence-electron chi connectivity index (χ0n) is 5.45. The topological polar surface area (TPSA) is 26.3 Å². The van der Waals surface area contributed by atoms with Crippen LogP contribution >= 0.6 is 46.4 Å². The molecule has 0 atom stereocenters. The van der Waals surface area contributed by atoms with E-state index in [-0.39, 0.29) is 6.61 Å². The van der Waals surface area contributed by atoms with E-state index in [2.05, 4.69) is 4.74 Å². The van der Waals surface area contributed by atoms with Gasteiger partial charge >= 0.3 is 5.43 Å². The Morgan fingerprint density at radius 2 is 1.91 bits per heavy atom. The Balaban J connectivity index is 3.22. The number of halogens is 4. The van der Waals surface area contributed by atoms with Gasteiger partial charge in [0.25, 0.3) is 0 Å². The number of hydrogen-bond acceptors (Lipinski definition) is 2. The van der Waals surface area contributed by atoms with Crippen LogP contribution in [0, 0.1) is 0 Å². The second kappa shape index (κ2) is 5.31. The van der Waals surface area contributed by atoms with Crippen molar-refractivity contribution in [2.75, 3.05) is 6.61 Å². The maximum absolute atomic E-state index is 10.0. The molecule has 0 aromatic carbocycles. The molecule has 11 heavy (non-hydrogen) atoms. The molecule has 0 bridgehead atoms. The fraction of sp³-hybridized carbons (Fsp3) is 0.800. The minimum absolute atomic E-state index is 0.177. The standard InChI is InChI=1S/C5H6Cl4O2/c6-4(10)11-3-1-2-5(7,8)9/h1-3H2. The highest BCUT2D eigenvalue weighted by atomic mass is 35.6. The minimum Gasteiger partial charge on any atom is -0.454 e. The molecule has 0 aromatic heterocycles. The number of hydrogen-bond donors (Lipinski definition) is 0. The molecule has 0 unspecified atom stereocenters. The van der Waals surface area contributed by atoms with Crippen LogP contribution in [-0.2, 0) is 4.74 Å². The number of alkyl halides is 3. The lowest BCUT2D eigenvalue weighted by Gasteiger charge is -2.08. The number of carbonyl (C=O) groups is 1. The van der Waals surface area contributed by atoms with Gasteiger partial charge in [0.1, 0.15) is 0 Å². The van der Waals surface area contributed by atoms with E-state index in [0.29, 0.717) is 12.8 Å². The third kappa shape index (κ3) is 10.6. The van der Waals surface area contributed by atoms with Crippen molar-refractivity contribution in [3.8, 4) is 0 Å². The van der Waals surface area contributed by atoms with Crippen LogP contribution in [0.2, 0.25) is 0 Å². The molecule has 0 spiro atoms. The van der Waals surface area contributed by atoms with Crippen LogP contribution in [0.15, 0.2) is 0 Å². The molecule has 2 nitrogen and oxygen atoms in total. The van der Waals surface area contributed by atoms with E-state index >= 15 is 0 Å². The van der Waals surface area contributed by atoms with Crippen LogP contribution in [-0.4, -0.2) is 15.8 Å². The summed E-state index contributed by atoms with van der Waals surface area (Å²) in [5, 5.41) is 0. The van der Waals surface area contributed by atoms with Crippen LogP contribution < -0.4 is 0 Å². The summed E-state index contributed by atoms with van der Waals surface area (Å²) in [6, 6.07) is 0. The second-order valence-electron chi connectivity index (χ2n) is 1.80. The third-order valence-electron chi connectivity index (χ3n) is 0.820. The van der Waals surface area contributed by atoms with Crippen molar-refractivity contribution in [1.29, 1.82) is 0 Å². The summed E-state index contributed by atoms with van der Waals surface area (Å²) in [4.78, 5) is 10.0. The fourth-order valence-corrected chi connectivity index (χ4v) is 0.903. The first-order valence-corrected chi connectivity index (χ1v) is 4.32. The van der Waals surface area contributed by atoms with E-state index in [1.54, 1.807) is 0 Å². The van der Waals surface area contributed by atoms with Gasteiger partial charge in [-0.15, -0.1) is 0 Å². The van der Waals surface area contributed by atoms with Crippen molar-refractivity contribution in [3.63, 3.8) is 0 Å². The molecule has 0 N–H and O–H groups in total. The molecule has 0 heterocycles. The third-order valence-corrected chi connectivity index (χ3v) is 1.50. The van der Waals surface area contributed by atoms with Gasteiger partial charge in [-0.2, -0.15) is 0 Å². The Bertz CT molecular complexity index is 131. The fourth-order valence-electron chi connectivity index (χ4n) is 0.425. The molecule has 0 fully saturated rings. The Kier molecular flexibility index (Phi) is 5.61. The molecule has 66 valence electrons. The molecule has 0 saturated heterocycles. The zero-order valence-corrected chi connectivity index (χ0v) is 8.47. The van der Waals surface area contributed by atoms with E-state index in [0.717, 1.165) is 0 Å². The number of ether oxygens (including phenoxy) is 1. The lowest BCUT2D eigenvalue weighted by molar-refractivity contribution is 0.171. The molecule has 0 rings (SSSR count). The van der Waals surface area contributed by atoms with E-state index in [4.69, 9.17) is 46.4 Å². The van der Waals surface area contributed by atoms with Crippen molar-refractivity contribution in [2.45, 2.75) is 16.6 Å². The van der Waals surface area contributed by atoms with E-state index < -0.39 is 9.22 Å². The highest BCUT2D eigenvalue weighted by Gasteiger charge is 2.18. The lowest BCUT2D eigenvalue weighted by atomic mass is 10.3. The zero-order chi connectivity index (χ0) is 8.91. The van der Waals surface area contributed by atoms with Gasteiger partial charge in [-0.25, -0.2) is 4.79 Å². The predicted molar refractivity (Wildman–Crippen MR) is 46.7 cm³/mol. The first-order valence-electron chi connectivity index (χ1n) is 2.81. The molecule has 0 radical (unpaired) electrons. The van der Waals surface area contributed by atoms with Gasteiger partial charge in [0.15, 0.2) is 3.79 Å². The summed E-state index contributed by atoms with van der Waals surface area (Å²) in [5.41, 5.74) is -0.839. The molecular formula is C5H6Cl4O2. The summed E-state index contributed by atoms with van der Waals surface area (Å²) in [7, 11) is 0. The normalized spacial score (nSPS) is 11.3. The largest absolute Gasteiger partial charge is 0.454 e. The monoisotopic (exact) mass is 238 g/mol. The first-order chi connectivity index (χ1) is 4.92. The lowest BCUT2D eigenvalue weighted by Crippen LogP contribution is -2.05. The van der Waals surface area contributed by atoms with Crippen molar-refractivity contribution in [2.24, 2.45) is 0 Å². The highest BCUT2D eigenvalue weighted by molar-refractivity contribution is 6.67. The molecule has 0 aliphatic heterocycles. The summed E-state index contributed by atoms with van der Waals surface area (Å²) >= 11 is 21.1. The maximum Gasteiger partial charge on any atom is 0.403 e. The van der Waals surface area contributed by atoms with E-state index in [1.807, 2.05) is 0 Å². The smallest absolute Gasteiger partial charge is 0.403 e. The molecule has 6 heteroatoms. The van der Waals surface area contributed by atoms with Crippen LogP contribution in [0.3, 0.4) is 0 Å². The van der Waals surface area contributed by atoms with Gasteiger partial charge in [0.05, 0.1) is 6.61 Å². The summed E-state index contributed by atoms with van der Waals surface area (Å²) in [5.74, 6) is 0. The average Bonchev–Trinajstić information content (AvgIpc) is 1.78. The predicted octanol–water partition coefficient (Wildman–Crippen LogP) is 3.51. The van der Waals surface area contributed by atoms with Crippen molar-refractivity contribution in [3.05, 3.63) is 0 Å². The Hall–Kier alpha value is 0.630. The SMILES string of the molecule is O=C(Cl)OCCCC(Cl)(Cl)Cl. The molecule has 0 saturated carbocycles. The van der Waals surface area contributed by atoms with Gasteiger partial charge < -0.3 is 4.74 Å². The van der Waals surface area contributed by atoms with Crippen LogP contribution in [0.4, 0.5) is 4.79 Å². The van der Waals surface area contributed by atoms with Gasteiger partial charge in [0.2, 0.25) is 0 Å². The Labute approximate surface area is 84.7 Å². The van der Waals surface area contributed by atoms with Gasteiger partial charge in [-0.05, 0) is 12.8 Å². The summed E-state index contributed by atoms with van der Waals surface area (Å²) in [6.07, 6.45) is 0.816. The number of rotatable bonds is 3. The Morgan fingerprint density at radius 3 is 2.27 bits per heavy atom. The molecule has 0 aliphatic rings. The molecular weight excluding hydrogens is 234 g/mol. The summed E-state index contributed by atoms with van der Waals surface area (Å²) in [6.45, 7) is 0.177. The summed E-state index contributed by atoms with van der Waals surface area (Å²) < 4.78 is 3.11. The second-order valence-corrected chi connectivity index (χ2v) is 4.63. The van der Waals surface area contributed by atoms with Gasteiger partial charge in [-0.1, -0.05) is 34.8 Å². The molecule has 0 amide bonds. The Morgan fingerprint density at radius 1 is 1.36 bits per heavy atom. The minimum atomic E-state index is -1.28. The van der Waals surface area contributed by atoms with Crippen LogP contribution in [0.5, 0.6) is 0 Å².